The van der Waals surface area contributed by atoms with Crippen LogP contribution in [-0.2, 0) is 51.2 Å². The molecular formula is C20H23FN10O8P2S3. The minimum atomic E-state index is -4.05. The summed E-state index contributed by atoms with van der Waals surface area (Å²) in [4.78, 5) is 38.3. The van der Waals surface area contributed by atoms with Crippen molar-refractivity contribution < 1.29 is 36.9 Å². The van der Waals surface area contributed by atoms with Crippen LogP contribution in [0, 0.1) is 0 Å². The molecule has 3 aliphatic heterocycles. The Hall–Kier alpha value is -2.20. The number of nitrogens with two attached hydrogens (primary N) is 2. The molecule has 0 saturated carbocycles. The number of pyridine rings is 1. The van der Waals surface area contributed by atoms with Crippen molar-refractivity contribution >= 4 is 82.2 Å². The third kappa shape index (κ3) is 5.56. The average molecular weight is 709 g/mol. The van der Waals surface area contributed by atoms with Crippen LogP contribution >= 0.6 is 24.7 Å². The molecule has 2 bridgehead atoms. The first-order valence-electron chi connectivity index (χ1n) is 12.8. The maximum Gasteiger partial charge on any atom is 0.325 e. The van der Waals surface area contributed by atoms with Gasteiger partial charge in [0.25, 0.3) is 5.56 Å². The number of nitrogen functional groups attached to an aromatic ring is 2. The number of hydrogen-bond acceptors (Lipinski definition) is 16. The molecule has 0 aromatic carbocycles. The van der Waals surface area contributed by atoms with E-state index in [9.17, 15) is 9.69 Å². The van der Waals surface area contributed by atoms with E-state index in [2.05, 4.69) is 42.5 Å². The van der Waals surface area contributed by atoms with Crippen LogP contribution in [0.5, 0.6) is 0 Å². The molecule has 4 aromatic rings. The lowest BCUT2D eigenvalue weighted by molar-refractivity contribution is -0.0608. The summed E-state index contributed by atoms with van der Waals surface area (Å²) in [6.07, 6.45) is -5.50. The molecule has 7 heterocycles. The third-order valence-corrected chi connectivity index (χ3v) is 10.9. The average Bonchev–Trinajstić information content (AvgIpc) is 3.72. The summed E-state index contributed by atoms with van der Waals surface area (Å²) in [7, 11) is 0. The predicted molar refractivity (Wildman–Crippen MR) is 161 cm³/mol. The minimum Gasteiger partial charge on any atom is -0.397 e. The van der Waals surface area contributed by atoms with Crippen molar-refractivity contribution in [2.24, 2.45) is 0 Å². The van der Waals surface area contributed by atoms with Crippen LogP contribution in [-0.4, -0.2) is 88.2 Å². The topological polar surface area (TPSA) is 235 Å². The number of thiol groups is 1. The molecule has 18 nitrogen and oxygen atoms in total. The molecule has 3 fully saturated rings. The Kier molecular flexibility index (Phi) is 7.79. The highest BCUT2D eigenvalue weighted by molar-refractivity contribution is 8.60. The number of anilines is 2. The van der Waals surface area contributed by atoms with E-state index in [4.69, 9.17) is 62.6 Å². The third-order valence-electron chi connectivity index (χ3n) is 7.12. The van der Waals surface area contributed by atoms with Gasteiger partial charge >= 0.3 is 6.72 Å². The number of H-pyrrole nitrogens is 1. The highest BCUT2D eigenvalue weighted by atomic mass is 32.9. The van der Waals surface area contributed by atoms with Gasteiger partial charge in [0, 0.05) is 12.6 Å². The summed E-state index contributed by atoms with van der Waals surface area (Å²) in [6, 6.07) is 1.56. The van der Waals surface area contributed by atoms with Crippen molar-refractivity contribution in [2.75, 3.05) is 24.7 Å². The zero-order valence-electron chi connectivity index (χ0n) is 22.0. The Bertz CT molecular complexity index is 1910. The molecule has 4 aromatic heterocycles. The fourth-order valence-electron chi connectivity index (χ4n) is 5.21. The fraction of sp³-hybridized carbons (Fsp3) is 0.500. The highest BCUT2D eigenvalue weighted by Gasteiger charge is 2.51. The number of fused-ring (bicyclic) bond motifs is 5. The summed E-state index contributed by atoms with van der Waals surface area (Å²) in [5, 5.41) is 7.85. The van der Waals surface area contributed by atoms with Crippen molar-refractivity contribution in [1.29, 1.82) is 0 Å². The van der Waals surface area contributed by atoms with E-state index in [1.54, 1.807) is 6.07 Å². The van der Waals surface area contributed by atoms with Crippen LogP contribution in [0.25, 0.3) is 22.3 Å². The molecule has 3 saturated heterocycles. The van der Waals surface area contributed by atoms with E-state index in [-0.39, 0.29) is 35.8 Å². The van der Waals surface area contributed by atoms with Crippen molar-refractivity contribution in [3.05, 3.63) is 28.9 Å². The fourth-order valence-corrected chi connectivity index (χ4v) is 8.64. The number of aromatic amines is 1. The van der Waals surface area contributed by atoms with Gasteiger partial charge in [-0.1, -0.05) is 17.5 Å². The quantitative estimate of drug-likeness (QED) is 0.143. The number of alkyl halides is 1. The summed E-state index contributed by atoms with van der Waals surface area (Å²) in [5.74, 6) is -0.175. The second-order valence-electron chi connectivity index (χ2n) is 10.0. The summed E-state index contributed by atoms with van der Waals surface area (Å²) in [5.41, 5.74) is 8.56. The lowest BCUT2D eigenvalue weighted by Crippen LogP contribution is -2.34. The van der Waals surface area contributed by atoms with Crippen LogP contribution < -0.4 is 17.0 Å². The normalized spacial score (nSPS) is 36.6. The molecule has 0 amide bonds. The number of rotatable bonds is 2. The smallest absolute Gasteiger partial charge is 0.325 e. The lowest BCUT2D eigenvalue weighted by Gasteiger charge is -2.27. The number of aromatic nitrogens is 8. The largest absolute Gasteiger partial charge is 0.397 e. The number of nitrogens with zero attached hydrogens (tertiary/aromatic N) is 7. The predicted octanol–water partition coefficient (Wildman–Crippen LogP) is 0.835. The molecule has 0 spiro atoms. The molecule has 6 N–H and O–H groups in total. The number of nitrogens with one attached hydrogen (secondary N) is 1. The number of ether oxygens (including phenoxy) is 2. The first-order chi connectivity index (χ1) is 20.9. The van der Waals surface area contributed by atoms with E-state index in [1.807, 2.05) is 0 Å². The second kappa shape index (κ2) is 11.2. The van der Waals surface area contributed by atoms with Crippen LogP contribution in [0.2, 0.25) is 0 Å². The summed E-state index contributed by atoms with van der Waals surface area (Å²) < 4.78 is 54.0. The molecular weight excluding hydrogens is 685 g/mol. The summed E-state index contributed by atoms with van der Waals surface area (Å²) in [6.45, 7) is -4.67. The van der Waals surface area contributed by atoms with E-state index < -0.39 is 67.6 Å². The van der Waals surface area contributed by atoms with Crippen LogP contribution in [0.3, 0.4) is 0 Å². The second-order valence-corrected chi connectivity index (χ2v) is 18.0. The molecule has 0 radical (unpaired) electrons. The molecule has 3 aliphatic rings. The zero-order chi connectivity index (χ0) is 31.0. The molecule has 2 unspecified atom stereocenters. The first-order valence-corrected chi connectivity index (χ1v) is 19.2. The van der Waals surface area contributed by atoms with Crippen molar-refractivity contribution in [3.63, 3.8) is 0 Å². The van der Waals surface area contributed by atoms with E-state index in [1.165, 1.54) is 21.8 Å². The Morgan fingerprint density at radius 3 is 2.73 bits per heavy atom. The van der Waals surface area contributed by atoms with Gasteiger partial charge < -0.3 is 43.9 Å². The Morgan fingerprint density at radius 2 is 1.91 bits per heavy atom. The first kappa shape index (κ1) is 30.5. The zero-order valence-corrected chi connectivity index (χ0v) is 26.3. The van der Waals surface area contributed by atoms with Gasteiger partial charge in [-0.2, -0.15) is 9.67 Å². The van der Waals surface area contributed by atoms with Gasteiger partial charge in [0.2, 0.25) is 11.6 Å². The SMILES string of the molecule is Nc1nc2c(nnn2[C@@H]2O[C@@H]3COP(=S)(S)O[C@H]4[C@H](F)[C@H](n5cnc6c(N)ccnc65)O[C@@H]4COP(O)(=S)O[C@@H]2C3)c(=O)[nH]1. The van der Waals surface area contributed by atoms with Crippen molar-refractivity contribution in [1.82, 2.24) is 39.5 Å². The Morgan fingerprint density at radius 1 is 1.09 bits per heavy atom. The molecule has 44 heavy (non-hydrogen) atoms. The van der Waals surface area contributed by atoms with Gasteiger partial charge in [0.15, 0.2) is 35.4 Å². The highest BCUT2D eigenvalue weighted by Crippen LogP contribution is 2.58. The maximum atomic E-state index is 16.1. The van der Waals surface area contributed by atoms with Gasteiger partial charge in [0.05, 0.1) is 31.3 Å². The Labute approximate surface area is 261 Å². The molecule has 7 rings (SSSR count). The van der Waals surface area contributed by atoms with Gasteiger partial charge in [-0.15, -0.1) is 5.10 Å². The number of halogens is 1. The van der Waals surface area contributed by atoms with Crippen LogP contribution in [0.1, 0.15) is 18.9 Å². The van der Waals surface area contributed by atoms with Gasteiger partial charge in [-0.05, 0) is 29.7 Å². The maximum absolute atomic E-state index is 16.1. The minimum absolute atomic E-state index is 0.00726. The molecule has 24 heteroatoms. The standard InChI is InChI=1S/C20H23FN10O8P2S3/c21-11-14-10(37-19(11)30-6-25-12-8(22)1-2-24-15(12)30)5-34-40(33,42)38-9-3-7(4-35-41(43,44)39-14)36-18(9)31-16-13(28-29-31)17(32)27-20(23)26-16/h1-2,6-7,9-11,14,18-19H,3-5H2,(H2,22,24)(H,33,42)(H,43,44)(H3,23,26,27,32)/t7-,9+,10+,11-,14+,18+,19+,40?/m0/s1. The number of hydrogen-bond donors (Lipinski definition) is 5. The Balaban J connectivity index is 1.19. The molecule has 236 valence electrons. The summed E-state index contributed by atoms with van der Waals surface area (Å²) >= 11 is 15.2. The van der Waals surface area contributed by atoms with Gasteiger partial charge in [-0.3, -0.25) is 14.3 Å². The van der Waals surface area contributed by atoms with Crippen molar-refractivity contribution in [3.8, 4) is 0 Å². The van der Waals surface area contributed by atoms with Gasteiger partial charge in [-0.25, -0.2) is 14.4 Å². The number of imidazole rings is 1. The van der Waals surface area contributed by atoms with Crippen LogP contribution in [0.4, 0.5) is 16.0 Å². The van der Waals surface area contributed by atoms with Gasteiger partial charge in [0.1, 0.15) is 23.8 Å². The van der Waals surface area contributed by atoms with Crippen molar-refractivity contribution in [2.45, 2.75) is 49.5 Å². The van der Waals surface area contributed by atoms with Crippen LogP contribution in [0.15, 0.2) is 23.4 Å². The lowest BCUT2D eigenvalue weighted by atomic mass is 10.1. The van der Waals surface area contributed by atoms with E-state index >= 15 is 4.39 Å². The monoisotopic (exact) mass is 708 g/mol. The molecule has 0 aliphatic carbocycles. The van der Waals surface area contributed by atoms with E-state index in [0.717, 1.165) is 0 Å². The van der Waals surface area contributed by atoms with E-state index in [0.29, 0.717) is 11.2 Å². The molecule has 9 atom stereocenters.